The van der Waals surface area contributed by atoms with E-state index in [0.29, 0.717) is 12.1 Å². The molecule has 3 rings (SSSR count). The van der Waals surface area contributed by atoms with Crippen molar-refractivity contribution in [2.24, 2.45) is 0 Å². The summed E-state index contributed by atoms with van der Waals surface area (Å²) in [5.74, 6) is -0.0733. The molecule has 3 heterocycles. The lowest BCUT2D eigenvalue weighted by Crippen LogP contribution is -2.36. The first-order valence-electron chi connectivity index (χ1n) is 6.82. The lowest BCUT2D eigenvalue weighted by atomic mass is 10.1. The number of hydrogen-bond donors (Lipinski definition) is 1. The van der Waals surface area contributed by atoms with E-state index in [4.69, 9.17) is 0 Å². The molecule has 1 N–H and O–H groups in total. The summed E-state index contributed by atoms with van der Waals surface area (Å²) in [4.78, 5) is 16.7. The number of aromatic nitrogens is 1. The second-order valence-corrected chi connectivity index (χ2v) is 5.25. The van der Waals surface area contributed by atoms with Gasteiger partial charge in [-0.1, -0.05) is 0 Å². The highest BCUT2D eigenvalue weighted by atomic mass is 16.6. The fourth-order valence-corrected chi connectivity index (χ4v) is 3.21. The predicted molar refractivity (Wildman–Crippen MR) is 70.8 cm³/mol. The molecule has 0 saturated carbocycles. The molecule has 2 fully saturated rings. The van der Waals surface area contributed by atoms with Gasteiger partial charge in [0.1, 0.15) is 6.20 Å². The summed E-state index contributed by atoms with van der Waals surface area (Å²) in [6, 6.07) is 4.34. The van der Waals surface area contributed by atoms with Gasteiger partial charge in [-0.25, -0.2) is 0 Å². The summed E-state index contributed by atoms with van der Waals surface area (Å²) < 4.78 is 0. The minimum atomic E-state index is -0.447. The first-order valence-corrected chi connectivity index (χ1v) is 6.82. The van der Waals surface area contributed by atoms with Crippen molar-refractivity contribution in [2.75, 3.05) is 19.6 Å². The Morgan fingerprint density at radius 1 is 1.42 bits per heavy atom. The zero-order valence-electron chi connectivity index (χ0n) is 10.8. The van der Waals surface area contributed by atoms with E-state index in [2.05, 4.69) is 15.2 Å². The van der Waals surface area contributed by atoms with Crippen LogP contribution in [0.5, 0.6) is 0 Å². The highest BCUT2D eigenvalue weighted by Gasteiger charge is 2.33. The van der Waals surface area contributed by atoms with Gasteiger partial charge in [0.2, 0.25) is 0 Å². The van der Waals surface area contributed by atoms with E-state index >= 15 is 0 Å². The molecule has 0 aliphatic carbocycles. The normalized spacial score (nSPS) is 27.8. The first kappa shape index (κ1) is 12.5. The maximum atomic E-state index is 10.6. The average Bonchev–Trinajstić information content (AvgIpc) is 3.09. The molecule has 0 aromatic carbocycles. The Hall–Kier alpha value is -1.53. The Bertz CT molecular complexity index is 456. The Kier molecular flexibility index (Phi) is 3.44. The van der Waals surface area contributed by atoms with E-state index in [1.807, 2.05) is 6.07 Å². The number of rotatable bonds is 3. The number of pyridine rings is 1. The third kappa shape index (κ3) is 2.46. The molecule has 2 aliphatic heterocycles. The van der Waals surface area contributed by atoms with Crippen molar-refractivity contribution in [3.63, 3.8) is 0 Å². The van der Waals surface area contributed by atoms with Gasteiger partial charge < -0.3 is 15.4 Å². The molecule has 1 aromatic rings. The smallest absolute Gasteiger partial charge is 0.358 e. The molecule has 0 radical (unpaired) electrons. The number of likely N-dealkylation sites (tertiary alicyclic amines) is 1. The Morgan fingerprint density at radius 3 is 2.95 bits per heavy atom. The molecule has 6 nitrogen and oxygen atoms in total. The Morgan fingerprint density at radius 2 is 2.32 bits per heavy atom. The van der Waals surface area contributed by atoms with Gasteiger partial charge in [0, 0.05) is 30.3 Å². The van der Waals surface area contributed by atoms with Crippen molar-refractivity contribution < 1.29 is 4.92 Å². The summed E-state index contributed by atoms with van der Waals surface area (Å²) in [5.41, 5.74) is 1.11. The molecule has 1 aromatic heterocycles. The van der Waals surface area contributed by atoms with Gasteiger partial charge in [-0.3, -0.25) is 4.90 Å². The molecule has 2 atom stereocenters. The topological polar surface area (TPSA) is 71.3 Å². The minimum absolute atomic E-state index is 0.0733. The largest absolute Gasteiger partial charge is 0.363 e. The molecular formula is C13H18N4O2. The lowest BCUT2D eigenvalue weighted by molar-refractivity contribution is -0.389. The summed E-state index contributed by atoms with van der Waals surface area (Å²) in [6.45, 7) is 3.26. The Labute approximate surface area is 112 Å². The van der Waals surface area contributed by atoms with Crippen LogP contribution in [-0.2, 0) is 0 Å². The summed E-state index contributed by atoms with van der Waals surface area (Å²) in [6.07, 6.45) is 5.18. The van der Waals surface area contributed by atoms with Crippen LogP contribution >= 0.6 is 0 Å². The van der Waals surface area contributed by atoms with Crippen LogP contribution in [0.1, 0.15) is 30.9 Å². The zero-order chi connectivity index (χ0) is 13.2. The second-order valence-electron chi connectivity index (χ2n) is 5.25. The molecule has 0 bridgehead atoms. The van der Waals surface area contributed by atoms with Crippen molar-refractivity contribution >= 4 is 5.82 Å². The molecule has 19 heavy (non-hydrogen) atoms. The predicted octanol–water partition coefficient (Wildman–Crippen LogP) is 1.49. The van der Waals surface area contributed by atoms with Gasteiger partial charge in [0.25, 0.3) is 0 Å². The number of nitrogens with zero attached hydrogens (tertiary/aromatic N) is 3. The van der Waals surface area contributed by atoms with Crippen molar-refractivity contribution in [3.05, 3.63) is 34.0 Å². The number of nitrogens with one attached hydrogen (secondary N) is 1. The van der Waals surface area contributed by atoms with Crippen LogP contribution in [0.25, 0.3) is 0 Å². The highest BCUT2D eigenvalue weighted by Crippen LogP contribution is 2.34. The first-order chi connectivity index (χ1) is 9.25. The molecule has 2 saturated heterocycles. The highest BCUT2D eigenvalue weighted by molar-refractivity contribution is 5.25. The van der Waals surface area contributed by atoms with Crippen molar-refractivity contribution in [1.29, 1.82) is 0 Å². The molecule has 6 heteroatoms. The van der Waals surface area contributed by atoms with Crippen molar-refractivity contribution in [1.82, 2.24) is 15.2 Å². The SMILES string of the molecule is O=[N+]([O-])c1ccc(C2CCCN2C2CCNC2)cn1. The van der Waals surface area contributed by atoms with Gasteiger partial charge in [-0.05, 0) is 48.3 Å². The molecule has 0 spiro atoms. The monoisotopic (exact) mass is 262 g/mol. The summed E-state index contributed by atoms with van der Waals surface area (Å²) in [5, 5.41) is 14.0. The van der Waals surface area contributed by atoms with Gasteiger partial charge in [0.15, 0.2) is 0 Å². The minimum Gasteiger partial charge on any atom is -0.358 e. The maximum absolute atomic E-state index is 10.6. The van der Waals surface area contributed by atoms with E-state index in [0.717, 1.165) is 31.6 Å². The van der Waals surface area contributed by atoms with Crippen LogP contribution < -0.4 is 5.32 Å². The third-order valence-electron chi connectivity index (χ3n) is 4.14. The van der Waals surface area contributed by atoms with E-state index in [9.17, 15) is 10.1 Å². The van der Waals surface area contributed by atoms with Gasteiger partial charge >= 0.3 is 5.82 Å². The molecule has 2 unspecified atom stereocenters. The quantitative estimate of drug-likeness (QED) is 0.660. The van der Waals surface area contributed by atoms with Gasteiger partial charge in [-0.15, -0.1) is 0 Å². The van der Waals surface area contributed by atoms with Crippen molar-refractivity contribution in [2.45, 2.75) is 31.3 Å². The zero-order valence-corrected chi connectivity index (χ0v) is 10.8. The molecule has 0 amide bonds. The van der Waals surface area contributed by atoms with Crippen LogP contribution in [0.4, 0.5) is 5.82 Å². The van der Waals surface area contributed by atoms with E-state index in [-0.39, 0.29) is 5.82 Å². The fourth-order valence-electron chi connectivity index (χ4n) is 3.21. The standard InChI is InChI=1S/C13H18N4O2/c18-17(19)13-4-3-10(8-15-13)12-2-1-7-16(12)11-5-6-14-9-11/h3-4,8,11-12,14H,1-2,5-7,9H2. The van der Waals surface area contributed by atoms with Crippen LogP contribution in [-0.4, -0.2) is 40.5 Å². The fraction of sp³-hybridized carbons (Fsp3) is 0.615. The van der Waals surface area contributed by atoms with E-state index in [1.54, 1.807) is 6.20 Å². The lowest BCUT2D eigenvalue weighted by Gasteiger charge is -2.29. The van der Waals surface area contributed by atoms with Crippen molar-refractivity contribution in [3.8, 4) is 0 Å². The third-order valence-corrected chi connectivity index (χ3v) is 4.14. The van der Waals surface area contributed by atoms with Crippen LogP contribution in [0.3, 0.4) is 0 Å². The van der Waals surface area contributed by atoms with Gasteiger partial charge in [0.05, 0.1) is 0 Å². The summed E-state index contributed by atoms with van der Waals surface area (Å²) >= 11 is 0. The van der Waals surface area contributed by atoms with Gasteiger partial charge in [-0.2, -0.15) is 0 Å². The molecule has 2 aliphatic rings. The van der Waals surface area contributed by atoms with Crippen LogP contribution in [0.15, 0.2) is 18.3 Å². The Balaban J connectivity index is 1.78. The van der Waals surface area contributed by atoms with Crippen LogP contribution in [0.2, 0.25) is 0 Å². The molecular weight excluding hydrogens is 244 g/mol. The van der Waals surface area contributed by atoms with E-state index in [1.165, 1.54) is 18.9 Å². The maximum Gasteiger partial charge on any atom is 0.363 e. The molecule has 102 valence electrons. The number of nitro groups is 1. The average molecular weight is 262 g/mol. The summed E-state index contributed by atoms with van der Waals surface area (Å²) in [7, 11) is 0. The second kappa shape index (κ2) is 5.22. The van der Waals surface area contributed by atoms with Crippen LogP contribution in [0, 0.1) is 10.1 Å². The van der Waals surface area contributed by atoms with E-state index < -0.39 is 4.92 Å². The number of hydrogen-bond acceptors (Lipinski definition) is 5.